The summed E-state index contributed by atoms with van der Waals surface area (Å²) in [5, 5.41) is -0.744. The smallest absolute Gasteiger partial charge is 0.185 e. The molecule has 0 aliphatic carbocycles. The first kappa shape index (κ1) is 20.8. The average Bonchev–Trinajstić information content (AvgIpc) is 2.67. The maximum Gasteiger partial charge on any atom is 0.185 e. The summed E-state index contributed by atoms with van der Waals surface area (Å²) in [6.45, 7) is 1.89. The van der Waals surface area contributed by atoms with Gasteiger partial charge in [0.1, 0.15) is 0 Å². The molecule has 28 heavy (non-hydrogen) atoms. The number of benzene rings is 3. The molecule has 3 aromatic rings. The van der Waals surface area contributed by atoms with Crippen LogP contribution >= 0.6 is 27.5 Å². The van der Waals surface area contributed by atoms with Crippen LogP contribution in [0.2, 0.25) is 5.02 Å². The summed E-state index contributed by atoms with van der Waals surface area (Å²) < 4.78 is 27.6. The van der Waals surface area contributed by atoms with E-state index in [1.807, 2.05) is 6.92 Å². The Balaban J connectivity index is 2.05. The molecular formula is C22H18BrClO3S. The van der Waals surface area contributed by atoms with Crippen LogP contribution in [-0.2, 0) is 9.84 Å². The van der Waals surface area contributed by atoms with Crippen LogP contribution in [0.25, 0.3) is 0 Å². The number of ketones is 1. The summed E-state index contributed by atoms with van der Waals surface area (Å²) in [6, 6.07) is 20.2. The van der Waals surface area contributed by atoms with Crippen molar-refractivity contribution in [3.63, 3.8) is 0 Å². The van der Waals surface area contributed by atoms with Crippen LogP contribution in [-0.4, -0.2) is 14.2 Å². The van der Waals surface area contributed by atoms with Crippen LogP contribution in [0.15, 0.2) is 82.2 Å². The zero-order valence-electron chi connectivity index (χ0n) is 15.1. The van der Waals surface area contributed by atoms with Crippen LogP contribution < -0.4 is 0 Å². The lowest BCUT2D eigenvalue weighted by molar-refractivity contribution is 0.0980. The van der Waals surface area contributed by atoms with Crippen molar-refractivity contribution in [1.82, 2.24) is 0 Å². The van der Waals surface area contributed by atoms with Gasteiger partial charge in [0.05, 0.1) is 10.1 Å². The minimum Gasteiger partial charge on any atom is -0.294 e. The molecule has 0 bridgehead atoms. The third-order valence-corrected chi connectivity index (χ3v) is 7.49. The van der Waals surface area contributed by atoms with Gasteiger partial charge in [0.15, 0.2) is 15.6 Å². The Bertz CT molecular complexity index is 1090. The van der Waals surface area contributed by atoms with Gasteiger partial charge in [0, 0.05) is 21.5 Å². The van der Waals surface area contributed by atoms with Gasteiger partial charge < -0.3 is 0 Å². The van der Waals surface area contributed by atoms with E-state index in [9.17, 15) is 13.2 Å². The van der Waals surface area contributed by atoms with Crippen molar-refractivity contribution >= 4 is 43.2 Å². The average molecular weight is 478 g/mol. The molecule has 0 unspecified atom stereocenters. The number of Topliss-reactive ketones (excluding diaryl/α,β-unsaturated/α-hetero) is 1. The van der Waals surface area contributed by atoms with Gasteiger partial charge in [-0.25, -0.2) is 8.42 Å². The molecule has 0 amide bonds. The third-order valence-electron chi connectivity index (χ3n) is 4.51. The van der Waals surface area contributed by atoms with Crippen LogP contribution in [0.3, 0.4) is 0 Å². The number of rotatable bonds is 6. The van der Waals surface area contributed by atoms with E-state index in [0.29, 0.717) is 16.1 Å². The molecule has 0 aliphatic rings. The fourth-order valence-corrected chi connectivity index (χ4v) is 5.29. The van der Waals surface area contributed by atoms with Crippen molar-refractivity contribution in [2.24, 2.45) is 0 Å². The van der Waals surface area contributed by atoms with Gasteiger partial charge in [-0.1, -0.05) is 75.6 Å². The lowest BCUT2D eigenvalue weighted by Gasteiger charge is -2.19. The fourth-order valence-electron chi connectivity index (χ4n) is 2.94. The first-order valence-electron chi connectivity index (χ1n) is 8.63. The van der Waals surface area contributed by atoms with Crippen molar-refractivity contribution < 1.29 is 13.2 Å². The number of carbonyl (C=O) groups excluding carboxylic acids is 1. The number of carbonyl (C=O) groups is 1. The molecule has 0 radical (unpaired) electrons. The van der Waals surface area contributed by atoms with Crippen LogP contribution in [0, 0.1) is 6.92 Å². The lowest BCUT2D eigenvalue weighted by atomic mass is 10.0. The van der Waals surface area contributed by atoms with Gasteiger partial charge in [-0.15, -0.1) is 0 Å². The zero-order chi connectivity index (χ0) is 20.3. The SMILES string of the molecule is Cc1ccc(S(=O)(=O)[C@H](CC(=O)c2ccc(Br)cc2)c2ccccc2Cl)cc1. The van der Waals surface area contributed by atoms with E-state index < -0.39 is 15.1 Å². The standard InChI is InChI=1S/C22H18BrClO3S/c1-15-6-12-18(13-7-15)28(26,27)22(19-4-2-3-5-20(19)24)14-21(25)16-8-10-17(23)11-9-16/h2-13,22H,14H2,1H3/t22-/m1/s1. The van der Waals surface area contributed by atoms with Crippen LogP contribution in [0.1, 0.15) is 33.2 Å². The van der Waals surface area contributed by atoms with E-state index in [1.54, 1.807) is 72.8 Å². The van der Waals surface area contributed by atoms with Gasteiger partial charge in [-0.05, 0) is 42.8 Å². The van der Waals surface area contributed by atoms with Crippen molar-refractivity contribution in [1.29, 1.82) is 0 Å². The highest BCUT2D eigenvalue weighted by molar-refractivity contribution is 9.10. The summed E-state index contributed by atoms with van der Waals surface area (Å²) in [6.07, 6.45) is -0.193. The second-order valence-corrected chi connectivity index (χ2v) is 9.96. The predicted molar refractivity (Wildman–Crippen MR) is 116 cm³/mol. The molecule has 0 N–H and O–H groups in total. The Labute approximate surface area is 178 Å². The highest BCUT2D eigenvalue weighted by atomic mass is 79.9. The molecule has 3 rings (SSSR count). The largest absolute Gasteiger partial charge is 0.294 e. The van der Waals surface area contributed by atoms with E-state index in [1.165, 1.54) is 0 Å². The molecule has 3 nitrogen and oxygen atoms in total. The predicted octanol–water partition coefficient (Wildman–Crippen LogP) is 6.20. The maximum atomic E-state index is 13.4. The number of halogens is 2. The highest BCUT2D eigenvalue weighted by Gasteiger charge is 2.33. The summed E-state index contributed by atoms with van der Waals surface area (Å²) in [7, 11) is -3.82. The minimum atomic E-state index is -3.82. The fraction of sp³-hybridized carbons (Fsp3) is 0.136. The molecule has 144 valence electrons. The second kappa shape index (κ2) is 8.60. The van der Waals surface area contributed by atoms with Gasteiger partial charge >= 0.3 is 0 Å². The van der Waals surface area contributed by atoms with Gasteiger partial charge in [0.25, 0.3) is 0 Å². The molecule has 0 saturated carbocycles. The quantitative estimate of drug-likeness (QED) is 0.397. The van der Waals surface area contributed by atoms with Crippen molar-refractivity contribution in [2.75, 3.05) is 0 Å². The topological polar surface area (TPSA) is 51.2 Å². The molecule has 6 heteroatoms. The van der Waals surface area contributed by atoms with E-state index in [0.717, 1.165) is 10.0 Å². The molecule has 0 saturated heterocycles. The zero-order valence-corrected chi connectivity index (χ0v) is 18.3. The monoisotopic (exact) mass is 476 g/mol. The maximum absolute atomic E-state index is 13.4. The van der Waals surface area contributed by atoms with Gasteiger partial charge in [-0.2, -0.15) is 0 Å². The molecule has 0 heterocycles. The normalized spacial score (nSPS) is 12.5. The summed E-state index contributed by atoms with van der Waals surface area (Å²) >= 11 is 9.64. The van der Waals surface area contributed by atoms with E-state index in [4.69, 9.17) is 11.6 Å². The van der Waals surface area contributed by atoms with Gasteiger partial charge in [-0.3, -0.25) is 4.79 Å². The molecule has 0 aromatic heterocycles. The number of sulfone groups is 1. The second-order valence-electron chi connectivity index (χ2n) is 6.50. The highest BCUT2D eigenvalue weighted by Crippen LogP contribution is 2.36. The van der Waals surface area contributed by atoms with Crippen molar-refractivity contribution in [2.45, 2.75) is 23.5 Å². The van der Waals surface area contributed by atoms with Crippen molar-refractivity contribution in [3.05, 3.63) is 99.0 Å². The van der Waals surface area contributed by atoms with Crippen LogP contribution in [0.4, 0.5) is 0 Å². The third kappa shape index (κ3) is 4.54. The van der Waals surface area contributed by atoms with Gasteiger partial charge in [0.2, 0.25) is 0 Å². The molecule has 1 atom stereocenters. The van der Waals surface area contributed by atoms with Crippen molar-refractivity contribution in [3.8, 4) is 0 Å². The van der Waals surface area contributed by atoms with E-state index >= 15 is 0 Å². The molecule has 3 aromatic carbocycles. The molecule has 0 spiro atoms. The minimum absolute atomic E-state index is 0.173. The van der Waals surface area contributed by atoms with E-state index in [-0.39, 0.29) is 17.1 Å². The summed E-state index contributed by atoms with van der Waals surface area (Å²) in [4.78, 5) is 13.0. The Morgan fingerprint density at radius 3 is 2.18 bits per heavy atom. The van der Waals surface area contributed by atoms with Crippen LogP contribution in [0.5, 0.6) is 0 Å². The first-order valence-corrected chi connectivity index (χ1v) is 11.3. The Morgan fingerprint density at radius 2 is 1.57 bits per heavy atom. The Hall–Kier alpha value is -1.95. The number of aryl methyl sites for hydroxylation is 1. The summed E-state index contributed by atoms with van der Waals surface area (Å²) in [5.41, 5.74) is 1.84. The molecule has 0 fully saturated rings. The summed E-state index contributed by atoms with van der Waals surface area (Å²) in [5.74, 6) is -0.256. The van der Waals surface area contributed by atoms with E-state index in [2.05, 4.69) is 15.9 Å². The Kier molecular flexibility index (Phi) is 6.38. The number of hydrogen-bond donors (Lipinski definition) is 0. The first-order chi connectivity index (χ1) is 13.3. The Morgan fingerprint density at radius 1 is 0.964 bits per heavy atom. The number of hydrogen-bond acceptors (Lipinski definition) is 3. The lowest BCUT2D eigenvalue weighted by Crippen LogP contribution is -2.18. The molecule has 0 aliphatic heterocycles. The molecular weight excluding hydrogens is 460 g/mol.